The molecule has 2 rings (SSSR count). The molecule has 0 bridgehead atoms. The van der Waals surface area contributed by atoms with Gasteiger partial charge in [-0.3, -0.25) is 19.7 Å². The van der Waals surface area contributed by atoms with Crippen LogP contribution in [0.1, 0.15) is 19.8 Å². The fraction of sp³-hybridized carbons (Fsp3) is 0.421. The van der Waals surface area contributed by atoms with Gasteiger partial charge in [0.2, 0.25) is 0 Å². The Labute approximate surface area is 167 Å². The number of nitrogens with zero attached hydrogens (tertiary/aromatic N) is 3. The van der Waals surface area contributed by atoms with E-state index in [0.717, 1.165) is 0 Å². The van der Waals surface area contributed by atoms with Crippen molar-refractivity contribution in [3.05, 3.63) is 40.1 Å². The smallest absolute Gasteiger partial charge is 0.309 e. The normalized spacial score (nSPS) is 14.7. The number of piperidine rings is 1. The van der Waals surface area contributed by atoms with Gasteiger partial charge in [0.1, 0.15) is 17.4 Å². The predicted molar refractivity (Wildman–Crippen MR) is 103 cm³/mol. The van der Waals surface area contributed by atoms with Crippen LogP contribution in [0.2, 0.25) is 0 Å². The molecule has 154 valence electrons. The lowest BCUT2D eigenvalue weighted by Gasteiger charge is -2.30. The molecule has 0 aromatic heterocycles. The number of nitro benzene ring substituents is 1. The Morgan fingerprint density at radius 1 is 1.41 bits per heavy atom. The first-order chi connectivity index (χ1) is 13.9. The highest BCUT2D eigenvalue weighted by molar-refractivity contribution is 6.07. The number of nitriles is 1. The number of esters is 1. The maximum Gasteiger partial charge on any atom is 0.309 e. The number of hydrogen-bond donors (Lipinski definition) is 1. The van der Waals surface area contributed by atoms with Crippen LogP contribution >= 0.6 is 0 Å². The number of amides is 1. The first-order valence-corrected chi connectivity index (χ1v) is 9.06. The van der Waals surface area contributed by atoms with E-state index in [4.69, 9.17) is 9.47 Å². The van der Waals surface area contributed by atoms with Gasteiger partial charge in [-0.25, -0.2) is 0 Å². The summed E-state index contributed by atoms with van der Waals surface area (Å²) in [6.07, 6.45) is 2.60. The molecule has 29 heavy (non-hydrogen) atoms. The van der Waals surface area contributed by atoms with Gasteiger partial charge in [0, 0.05) is 25.4 Å². The second-order valence-electron chi connectivity index (χ2n) is 6.31. The van der Waals surface area contributed by atoms with Gasteiger partial charge in [0.05, 0.1) is 36.3 Å². The molecular weight excluding hydrogens is 380 g/mol. The van der Waals surface area contributed by atoms with E-state index in [1.54, 1.807) is 11.8 Å². The van der Waals surface area contributed by atoms with Crippen LogP contribution in [0, 0.1) is 27.4 Å². The molecule has 0 spiro atoms. The second-order valence-corrected chi connectivity index (χ2v) is 6.31. The highest BCUT2D eigenvalue weighted by Gasteiger charge is 2.25. The summed E-state index contributed by atoms with van der Waals surface area (Å²) in [6, 6.07) is 5.62. The molecule has 0 atom stereocenters. The van der Waals surface area contributed by atoms with E-state index in [2.05, 4.69) is 5.32 Å². The molecule has 10 nitrogen and oxygen atoms in total. The number of nitro groups is 1. The van der Waals surface area contributed by atoms with Crippen molar-refractivity contribution in [2.45, 2.75) is 19.8 Å². The average Bonchev–Trinajstić information content (AvgIpc) is 2.72. The number of benzene rings is 1. The van der Waals surface area contributed by atoms with Crippen molar-refractivity contribution < 1.29 is 24.0 Å². The van der Waals surface area contributed by atoms with Gasteiger partial charge >= 0.3 is 5.97 Å². The van der Waals surface area contributed by atoms with E-state index in [9.17, 15) is 25.0 Å². The summed E-state index contributed by atoms with van der Waals surface area (Å²) in [6.45, 7) is 3.13. The zero-order valence-corrected chi connectivity index (χ0v) is 16.2. The quantitative estimate of drug-likeness (QED) is 0.241. The van der Waals surface area contributed by atoms with Gasteiger partial charge in [-0.15, -0.1) is 0 Å². The minimum absolute atomic E-state index is 0.111. The Morgan fingerprint density at radius 3 is 2.66 bits per heavy atom. The van der Waals surface area contributed by atoms with Crippen LogP contribution < -0.4 is 10.1 Å². The highest BCUT2D eigenvalue weighted by Crippen LogP contribution is 2.29. The Hall–Kier alpha value is -3.61. The van der Waals surface area contributed by atoms with Crippen molar-refractivity contribution >= 4 is 23.3 Å². The monoisotopic (exact) mass is 402 g/mol. The molecule has 0 saturated carbocycles. The summed E-state index contributed by atoms with van der Waals surface area (Å²) in [4.78, 5) is 36.4. The maximum atomic E-state index is 12.5. The minimum Gasteiger partial charge on any atom is -0.494 e. The molecule has 1 aliphatic rings. The highest BCUT2D eigenvalue weighted by atomic mass is 16.6. The Kier molecular flexibility index (Phi) is 7.54. The number of likely N-dealkylation sites (tertiary alicyclic amines) is 1. The van der Waals surface area contributed by atoms with Gasteiger partial charge in [0.15, 0.2) is 0 Å². The molecule has 1 N–H and O–H groups in total. The third-order valence-corrected chi connectivity index (χ3v) is 4.47. The van der Waals surface area contributed by atoms with Crippen molar-refractivity contribution in [3.63, 3.8) is 0 Å². The molecule has 0 aliphatic carbocycles. The molecule has 1 fully saturated rings. The summed E-state index contributed by atoms with van der Waals surface area (Å²) in [5.74, 6) is -0.949. The van der Waals surface area contributed by atoms with Crippen LogP contribution in [0.4, 0.5) is 11.4 Å². The number of non-ortho nitro benzene ring substituents is 1. The summed E-state index contributed by atoms with van der Waals surface area (Å²) in [5, 5.41) is 22.7. The fourth-order valence-electron chi connectivity index (χ4n) is 2.93. The van der Waals surface area contributed by atoms with Crippen LogP contribution in [-0.2, 0) is 14.3 Å². The Bertz CT molecular complexity index is 853. The van der Waals surface area contributed by atoms with Crippen molar-refractivity contribution in [3.8, 4) is 11.8 Å². The number of nitrogens with one attached hydrogen (secondary N) is 1. The molecule has 1 aromatic rings. The first kappa shape index (κ1) is 21.7. The van der Waals surface area contributed by atoms with Crippen molar-refractivity contribution in [1.29, 1.82) is 5.26 Å². The number of carbonyl (C=O) groups excluding carboxylic acids is 2. The third-order valence-electron chi connectivity index (χ3n) is 4.47. The molecular formula is C19H22N4O6. The SMILES string of the molecule is CCOC(=O)C1CCN(/C=C(/C#N)C(=O)Nc2ccc([N+](=O)[O-])cc2OC)CC1. The zero-order chi connectivity index (χ0) is 21.4. The Balaban J connectivity index is 2.05. The first-order valence-electron chi connectivity index (χ1n) is 9.06. The van der Waals surface area contributed by atoms with Crippen LogP contribution in [0.5, 0.6) is 5.75 Å². The van der Waals surface area contributed by atoms with Crippen LogP contribution in [0.25, 0.3) is 0 Å². The van der Waals surface area contributed by atoms with E-state index in [0.29, 0.717) is 32.5 Å². The van der Waals surface area contributed by atoms with Crippen LogP contribution in [-0.4, -0.2) is 48.5 Å². The average molecular weight is 402 g/mol. The van der Waals surface area contributed by atoms with E-state index >= 15 is 0 Å². The molecule has 1 aliphatic heterocycles. The summed E-state index contributed by atoms with van der Waals surface area (Å²) < 4.78 is 10.1. The largest absolute Gasteiger partial charge is 0.494 e. The van der Waals surface area contributed by atoms with E-state index in [-0.39, 0.29) is 34.6 Å². The lowest BCUT2D eigenvalue weighted by Crippen LogP contribution is -2.34. The van der Waals surface area contributed by atoms with Gasteiger partial charge in [-0.2, -0.15) is 5.26 Å². The topological polar surface area (TPSA) is 135 Å². The lowest BCUT2D eigenvalue weighted by atomic mass is 9.97. The van der Waals surface area contributed by atoms with Gasteiger partial charge in [0.25, 0.3) is 11.6 Å². The molecule has 1 heterocycles. The molecule has 0 unspecified atom stereocenters. The van der Waals surface area contributed by atoms with Crippen LogP contribution in [0.3, 0.4) is 0 Å². The standard InChI is InChI=1S/C19H22N4O6/c1-3-29-19(25)13-6-8-22(9-7-13)12-14(11-20)18(24)21-16-5-4-15(23(26)27)10-17(16)28-2/h4-5,10,12-13H,3,6-9H2,1-2H3,(H,21,24)/b14-12-. The Morgan fingerprint density at radius 2 is 2.10 bits per heavy atom. The number of ether oxygens (including phenoxy) is 2. The number of rotatable bonds is 7. The number of anilines is 1. The second kappa shape index (κ2) is 10.1. The lowest BCUT2D eigenvalue weighted by molar-refractivity contribution is -0.384. The summed E-state index contributed by atoms with van der Waals surface area (Å²) in [7, 11) is 1.32. The van der Waals surface area contributed by atoms with Crippen molar-refractivity contribution in [2.24, 2.45) is 5.92 Å². The van der Waals surface area contributed by atoms with Gasteiger partial charge in [-0.1, -0.05) is 0 Å². The predicted octanol–water partition coefficient (Wildman–Crippen LogP) is 2.22. The van der Waals surface area contributed by atoms with Gasteiger partial charge < -0.3 is 19.7 Å². The summed E-state index contributed by atoms with van der Waals surface area (Å²) in [5.41, 5.74) is -0.0920. The molecule has 10 heteroatoms. The van der Waals surface area contributed by atoms with Gasteiger partial charge in [-0.05, 0) is 25.8 Å². The third kappa shape index (κ3) is 5.68. The van der Waals surface area contributed by atoms with E-state index in [1.165, 1.54) is 31.5 Å². The van der Waals surface area contributed by atoms with Crippen molar-refractivity contribution in [2.75, 3.05) is 32.1 Å². The summed E-state index contributed by atoms with van der Waals surface area (Å²) >= 11 is 0. The van der Waals surface area contributed by atoms with E-state index < -0.39 is 10.8 Å². The zero-order valence-electron chi connectivity index (χ0n) is 16.2. The molecule has 1 aromatic carbocycles. The van der Waals surface area contributed by atoms with E-state index in [1.807, 2.05) is 6.07 Å². The number of hydrogen-bond acceptors (Lipinski definition) is 8. The molecule has 1 saturated heterocycles. The number of methoxy groups -OCH3 is 1. The molecule has 0 radical (unpaired) electrons. The van der Waals surface area contributed by atoms with Crippen LogP contribution in [0.15, 0.2) is 30.0 Å². The number of carbonyl (C=O) groups is 2. The van der Waals surface area contributed by atoms with Crippen molar-refractivity contribution in [1.82, 2.24) is 4.90 Å². The maximum absolute atomic E-state index is 12.5. The minimum atomic E-state index is -0.660. The fourth-order valence-corrected chi connectivity index (χ4v) is 2.93. The molecule has 1 amide bonds.